The molecule has 2 aromatic carbocycles. The molecule has 0 bridgehead atoms. The molecule has 0 spiro atoms. The summed E-state index contributed by atoms with van der Waals surface area (Å²) in [5.74, 6) is 0.936. The third-order valence-electron chi connectivity index (χ3n) is 5.38. The van der Waals surface area contributed by atoms with Crippen LogP contribution in [0.25, 0.3) is 0 Å². The molecule has 2 aromatic rings. The molecule has 0 amide bonds. The molecular weight excluding hydrogens is 325 g/mol. The number of anilines is 1. The van der Waals surface area contributed by atoms with Gasteiger partial charge in [0.15, 0.2) is 0 Å². The van der Waals surface area contributed by atoms with Crippen LogP contribution in [0.15, 0.2) is 42.5 Å². The summed E-state index contributed by atoms with van der Waals surface area (Å²) in [5.41, 5.74) is 6.40. The maximum absolute atomic E-state index is 6.52. The first-order chi connectivity index (χ1) is 11.1. The van der Waals surface area contributed by atoms with E-state index >= 15 is 0 Å². The lowest BCUT2D eigenvalue weighted by Gasteiger charge is -2.39. The summed E-state index contributed by atoms with van der Waals surface area (Å²) in [6.45, 7) is 4.35. The molecule has 1 aliphatic heterocycles. The van der Waals surface area contributed by atoms with E-state index in [0.717, 1.165) is 12.0 Å². The molecule has 3 heteroatoms. The topological polar surface area (TPSA) is 12.0 Å². The molecule has 23 heavy (non-hydrogen) atoms. The fraction of sp³-hybridized carbons (Fsp3) is 0.300. The fourth-order valence-corrected chi connectivity index (χ4v) is 4.41. The molecule has 0 unspecified atom stereocenters. The molecule has 1 nitrogen and oxygen atoms in total. The predicted octanol–water partition coefficient (Wildman–Crippen LogP) is 6.44. The number of fused-ring (bicyclic) bond motifs is 3. The second kappa shape index (κ2) is 5.58. The summed E-state index contributed by atoms with van der Waals surface area (Å²) in [5, 5.41) is 5.08. The van der Waals surface area contributed by atoms with E-state index in [1.54, 1.807) is 0 Å². The highest BCUT2D eigenvalue weighted by atomic mass is 35.5. The van der Waals surface area contributed by atoms with Crippen LogP contribution in [0.5, 0.6) is 0 Å². The van der Waals surface area contributed by atoms with E-state index in [4.69, 9.17) is 23.2 Å². The molecule has 1 N–H and O–H groups in total. The van der Waals surface area contributed by atoms with Crippen molar-refractivity contribution in [3.05, 3.63) is 74.8 Å². The Morgan fingerprint density at radius 1 is 1.04 bits per heavy atom. The first-order valence-corrected chi connectivity index (χ1v) is 8.80. The number of rotatable bonds is 1. The second-order valence-corrected chi connectivity index (χ2v) is 7.38. The van der Waals surface area contributed by atoms with Crippen LogP contribution in [0.3, 0.4) is 0 Å². The fourth-order valence-electron chi connectivity index (χ4n) is 3.99. The average molecular weight is 344 g/mol. The molecular formula is C20H19Cl2N. The molecule has 0 aromatic heterocycles. The van der Waals surface area contributed by atoms with Crippen LogP contribution in [0.1, 0.15) is 40.6 Å². The summed E-state index contributed by atoms with van der Waals surface area (Å²) < 4.78 is 0. The minimum absolute atomic E-state index is 0.189. The molecule has 1 heterocycles. The van der Waals surface area contributed by atoms with Crippen molar-refractivity contribution in [3.63, 3.8) is 0 Å². The number of benzene rings is 2. The molecule has 0 radical (unpaired) electrons. The van der Waals surface area contributed by atoms with Crippen molar-refractivity contribution in [2.45, 2.75) is 32.2 Å². The van der Waals surface area contributed by atoms with Crippen LogP contribution >= 0.6 is 23.2 Å². The Morgan fingerprint density at radius 3 is 2.70 bits per heavy atom. The number of allylic oxidation sites excluding steroid dienone is 2. The van der Waals surface area contributed by atoms with Crippen molar-refractivity contribution >= 4 is 28.9 Å². The van der Waals surface area contributed by atoms with Crippen LogP contribution in [0.4, 0.5) is 5.69 Å². The summed E-state index contributed by atoms with van der Waals surface area (Å²) >= 11 is 12.8. The van der Waals surface area contributed by atoms with E-state index in [1.807, 2.05) is 12.1 Å². The van der Waals surface area contributed by atoms with Gasteiger partial charge >= 0.3 is 0 Å². The molecule has 0 fully saturated rings. The maximum Gasteiger partial charge on any atom is 0.0645 e. The molecule has 4 rings (SSSR count). The van der Waals surface area contributed by atoms with Gasteiger partial charge in [0.1, 0.15) is 0 Å². The van der Waals surface area contributed by atoms with Crippen molar-refractivity contribution in [2.24, 2.45) is 5.92 Å². The van der Waals surface area contributed by atoms with Gasteiger partial charge in [-0.25, -0.2) is 0 Å². The number of aryl methyl sites for hydroxylation is 1. The quantitative estimate of drug-likeness (QED) is 0.587. The normalized spacial score (nSPS) is 25.0. The molecule has 0 saturated carbocycles. The minimum Gasteiger partial charge on any atom is -0.377 e. The van der Waals surface area contributed by atoms with Gasteiger partial charge in [0.2, 0.25) is 0 Å². The second-order valence-electron chi connectivity index (χ2n) is 6.59. The Balaban J connectivity index is 1.87. The Morgan fingerprint density at radius 2 is 1.87 bits per heavy atom. The van der Waals surface area contributed by atoms with Crippen LogP contribution < -0.4 is 5.32 Å². The van der Waals surface area contributed by atoms with Gasteiger partial charge in [-0.1, -0.05) is 59.6 Å². The first-order valence-electron chi connectivity index (χ1n) is 8.05. The first kappa shape index (κ1) is 15.1. The van der Waals surface area contributed by atoms with Crippen LogP contribution in [0, 0.1) is 19.8 Å². The average Bonchev–Trinajstić information content (AvgIpc) is 3.03. The summed E-state index contributed by atoms with van der Waals surface area (Å²) in [4.78, 5) is 0. The third kappa shape index (κ3) is 2.29. The highest BCUT2D eigenvalue weighted by Crippen LogP contribution is 2.52. The lowest BCUT2D eigenvalue weighted by molar-refractivity contribution is 0.425. The van der Waals surface area contributed by atoms with Gasteiger partial charge in [-0.05, 0) is 54.5 Å². The highest BCUT2D eigenvalue weighted by molar-refractivity contribution is 6.42. The summed E-state index contributed by atoms with van der Waals surface area (Å²) in [7, 11) is 0. The van der Waals surface area contributed by atoms with Crippen LogP contribution in [0.2, 0.25) is 10.0 Å². The summed E-state index contributed by atoms with van der Waals surface area (Å²) in [6.07, 6.45) is 5.72. The number of nitrogens with one attached hydrogen (secondary N) is 1. The van der Waals surface area contributed by atoms with Crippen molar-refractivity contribution in [1.82, 2.24) is 0 Å². The van der Waals surface area contributed by atoms with Gasteiger partial charge in [0.25, 0.3) is 0 Å². The van der Waals surface area contributed by atoms with Gasteiger partial charge in [0.05, 0.1) is 16.1 Å². The van der Waals surface area contributed by atoms with Gasteiger partial charge < -0.3 is 5.32 Å². The zero-order chi connectivity index (χ0) is 16.1. The monoisotopic (exact) mass is 343 g/mol. The molecule has 3 atom stereocenters. The van der Waals surface area contributed by atoms with Crippen LogP contribution in [-0.4, -0.2) is 0 Å². The van der Waals surface area contributed by atoms with E-state index in [-0.39, 0.29) is 6.04 Å². The Hall–Kier alpha value is -1.44. The van der Waals surface area contributed by atoms with E-state index in [9.17, 15) is 0 Å². The number of hydrogen-bond donors (Lipinski definition) is 1. The van der Waals surface area contributed by atoms with Crippen molar-refractivity contribution in [3.8, 4) is 0 Å². The zero-order valence-electron chi connectivity index (χ0n) is 13.2. The standard InChI is InChI=1S/C20H19Cl2N/c1-11-9-10-15-13-5-3-6-14(13)20(23-19(15)12(11)2)16-7-4-8-17(21)18(16)22/h3-5,7-10,13-14,20,23H,6H2,1-2H3/t13-,14+,20+/m1/s1. The minimum atomic E-state index is 0.189. The third-order valence-corrected chi connectivity index (χ3v) is 6.22. The van der Waals surface area contributed by atoms with Gasteiger partial charge in [0, 0.05) is 11.6 Å². The van der Waals surface area contributed by atoms with E-state index in [2.05, 4.69) is 49.5 Å². The maximum atomic E-state index is 6.52. The lowest BCUT2D eigenvalue weighted by atomic mass is 9.76. The molecule has 2 aliphatic rings. The van der Waals surface area contributed by atoms with Crippen molar-refractivity contribution < 1.29 is 0 Å². The van der Waals surface area contributed by atoms with Crippen LogP contribution in [-0.2, 0) is 0 Å². The Labute approximate surface area is 147 Å². The number of halogens is 2. The highest BCUT2D eigenvalue weighted by Gasteiger charge is 2.39. The van der Waals surface area contributed by atoms with Crippen molar-refractivity contribution in [1.29, 1.82) is 0 Å². The Bertz CT molecular complexity index is 810. The summed E-state index contributed by atoms with van der Waals surface area (Å²) in [6, 6.07) is 10.6. The van der Waals surface area contributed by atoms with E-state index < -0.39 is 0 Å². The SMILES string of the molecule is Cc1ccc2c(c1C)N[C@H](c1cccc(Cl)c1Cl)[C@H]1CC=C[C@@H]21. The molecule has 0 saturated heterocycles. The zero-order valence-corrected chi connectivity index (χ0v) is 14.7. The van der Waals surface area contributed by atoms with E-state index in [1.165, 1.54) is 22.4 Å². The smallest absolute Gasteiger partial charge is 0.0645 e. The molecule has 118 valence electrons. The van der Waals surface area contributed by atoms with E-state index in [0.29, 0.717) is 21.9 Å². The molecule has 1 aliphatic carbocycles. The van der Waals surface area contributed by atoms with Gasteiger partial charge in [-0.2, -0.15) is 0 Å². The Kier molecular flexibility index (Phi) is 3.66. The predicted molar refractivity (Wildman–Crippen MR) is 98.7 cm³/mol. The lowest BCUT2D eigenvalue weighted by Crippen LogP contribution is -2.30. The van der Waals surface area contributed by atoms with Gasteiger partial charge in [-0.15, -0.1) is 0 Å². The van der Waals surface area contributed by atoms with Gasteiger partial charge in [-0.3, -0.25) is 0 Å². The van der Waals surface area contributed by atoms with Crippen molar-refractivity contribution in [2.75, 3.05) is 5.32 Å². The largest absolute Gasteiger partial charge is 0.377 e. The number of hydrogen-bond acceptors (Lipinski definition) is 1.